The maximum atomic E-state index is 12.2. The first-order valence-electron chi connectivity index (χ1n) is 9.31. The van der Waals surface area contributed by atoms with Gasteiger partial charge in [0.15, 0.2) is 0 Å². The summed E-state index contributed by atoms with van der Waals surface area (Å²) in [6.45, 7) is 2.33. The number of anilines is 1. The Morgan fingerprint density at radius 2 is 1.85 bits per heavy atom. The third kappa shape index (κ3) is 2.75. The van der Waals surface area contributed by atoms with E-state index in [1.165, 1.54) is 11.1 Å². The Morgan fingerprint density at radius 1 is 1.12 bits per heavy atom. The molecule has 26 heavy (non-hydrogen) atoms. The summed E-state index contributed by atoms with van der Waals surface area (Å²) >= 11 is 3.47. The third-order valence-corrected chi connectivity index (χ3v) is 7.13. The van der Waals surface area contributed by atoms with E-state index in [2.05, 4.69) is 52.4 Å². The third-order valence-electron chi connectivity index (χ3n) is 6.64. The van der Waals surface area contributed by atoms with E-state index in [1.54, 1.807) is 0 Å². The van der Waals surface area contributed by atoms with Crippen LogP contribution in [0.2, 0.25) is 0 Å². The fourth-order valence-electron chi connectivity index (χ4n) is 5.09. The molecule has 0 heterocycles. The number of rotatable bonds is 3. The molecule has 136 valence electrons. The number of carboxylic acid groups (broad SMARTS) is 1. The number of nitrogens with one attached hydrogen (secondary N) is 1. The van der Waals surface area contributed by atoms with Gasteiger partial charge in [0.1, 0.15) is 5.54 Å². The number of carboxylic acids is 1. The maximum absolute atomic E-state index is 12.2. The second kappa shape index (κ2) is 6.41. The monoisotopic (exact) mass is 413 g/mol. The molecular weight excluding hydrogens is 390 g/mol. The zero-order valence-corrected chi connectivity index (χ0v) is 16.6. The van der Waals surface area contributed by atoms with Gasteiger partial charge in [0.2, 0.25) is 0 Å². The Kier molecular flexibility index (Phi) is 4.34. The highest BCUT2D eigenvalue weighted by Gasteiger charge is 2.52. The van der Waals surface area contributed by atoms with Crippen molar-refractivity contribution >= 4 is 27.6 Å². The molecule has 0 radical (unpaired) electrons. The highest BCUT2D eigenvalue weighted by Crippen LogP contribution is 2.54. The highest BCUT2D eigenvalue weighted by molar-refractivity contribution is 9.10. The summed E-state index contributed by atoms with van der Waals surface area (Å²) in [7, 11) is 0. The lowest BCUT2D eigenvalue weighted by Crippen LogP contribution is -2.52. The molecule has 1 saturated carbocycles. The Balaban J connectivity index is 1.62. The van der Waals surface area contributed by atoms with Crippen LogP contribution in [0.3, 0.4) is 0 Å². The van der Waals surface area contributed by atoms with E-state index < -0.39 is 11.5 Å². The van der Waals surface area contributed by atoms with Gasteiger partial charge >= 0.3 is 5.97 Å². The summed E-state index contributed by atoms with van der Waals surface area (Å²) in [6.07, 6.45) is 4.23. The quantitative estimate of drug-likeness (QED) is 0.708. The maximum Gasteiger partial charge on any atom is 0.329 e. The van der Waals surface area contributed by atoms with Gasteiger partial charge in [0.05, 0.1) is 0 Å². The van der Waals surface area contributed by atoms with Crippen molar-refractivity contribution in [1.82, 2.24) is 0 Å². The van der Waals surface area contributed by atoms with Crippen LogP contribution in [0.25, 0.3) is 0 Å². The minimum Gasteiger partial charge on any atom is -0.480 e. The zero-order chi connectivity index (χ0) is 18.4. The van der Waals surface area contributed by atoms with Gasteiger partial charge < -0.3 is 10.4 Å². The first kappa shape index (κ1) is 17.6. The Hall–Kier alpha value is -1.81. The lowest BCUT2D eigenvalue weighted by molar-refractivity contribution is -0.144. The summed E-state index contributed by atoms with van der Waals surface area (Å²) in [4.78, 5) is 12.2. The molecule has 0 aromatic heterocycles. The van der Waals surface area contributed by atoms with Gasteiger partial charge in [-0.1, -0.05) is 53.2 Å². The van der Waals surface area contributed by atoms with E-state index in [0.29, 0.717) is 18.8 Å². The molecule has 0 amide bonds. The number of fused-ring (bicyclic) bond motifs is 2. The summed E-state index contributed by atoms with van der Waals surface area (Å²) in [5.74, 6) is -0.177. The molecule has 2 aliphatic carbocycles. The van der Waals surface area contributed by atoms with E-state index in [-0.39, 0.29) is 5.41 Å². The van der Waals surface area contributed by atoms with Crippen LogP contribution in [0, 0.1) is 5.92 Å². The van der Waals surface area contributed by atoms with Crippen molar-refractivity contribution in [2.75, 3.05) is 5.32 Å². The molecule has 0 saturated heterocycles. The number of carbonyl (C=O) groups is 1. The van der Waals surface area contributed by atoms with E-state index in [1.807, 2.05) is 24.3 Å². The molecule has 4 heteroatoms. The number of hydrogen-bond acceptors (Lipinski definition) is 2. The molecule has 2 aliphatic rings. The van der Waals surface area contributed by atoms with Gasteiger partial charge in [0, 0.05) is 10.2 Å². The van der Waals surface area contributed by atoms with Crippen molar-refractivity contribution in [2.24, 2.45) is 5.92 Å². The van der Waals surface area contributed by atoms with Crippen molar-refractivity contribution in [3.63, 3.8) is 0 Å². The first-order valence-corrected chi connectivity index (χ1v) is 10.1. The molecule has 1 unspecified atom stereocenters. The van der Waals surface area contributed by atoms with Crippen LogP contribution < -0.4 is 5.32 Å². The van der Waals surface area contributed by atoms with Gasteiger partial charge in [-0.15, -0.1) is 0 Å². The van der Waals surface area contributed by atoms with Crippen LogP contribution >= 0.6 is 15.9 Å². The highest BCUT2D eigenvalue weighted by atomic mass is 79.9. The lowest BCUT2D eigenvalue weighted by atomic mass is 9.61. The predicted octanol–water partition coefficient (Wildman–Crippen LogP) is 5.39. The summed E-state index contributed by atoms with van der Waals surface area (Å²) in [5.41, 5.74) is 3.01. The van der Waals surface area contributed by atoms with Crippen molar-refractivity contribution in [3.8, 4) is 0 Å². The average molecular weight is 414 g/mol. The van der Waals surface area contributed by atoms with E-state index in [9.17, 15) is 9.90 Å². The normalized spacial score (nSPS) is 30.2. The van der Waals surface area contributed by atoms with Crippen LogP contribution in [0.4, 0.5) is 5.69 Å². The number of aliphatic carboxylic acids is 1. The first-order chi connectivity index (χ1) is 12.5. The minimum atomic E-state index is -0.886. The molecule has 1 spiro atoms. The van der Waals surface area contributed by atoms with Crippen molar-refractivity contribution in [3.05, 3.63) is 64.1 Å². The van der Waals surface area contributed by atoms with E-state index in [4.69, 9.17) is 0 Å². The second-order valence-electron chi connectivity index (χ2n) is 7.94. The summed E-state index contributed by atoms with van der Waals surface area (Å²) < 4.78 is 0.952. The second-order valence-corrected chi connectivity index (χ2v) is 8.86. The Morgan fingerprint density at radius 3 is 2.54 bits per heavy atom. The average Bonchev–Trinajstić information content (AvgIpc) is 2.89. The van der Waals surface area contributed by atoms with Gasteiger partial charge in [-0.2, -0.15) is 0 Å². The largest absolute Gasteiger partial charge is 0.480 e. The van der Waals surface area contributed by atoms with E-state index >= 15 is 0 Å². The molecule has 2 aromatic carbocycles. The fraction of sp³-hybridized carbons (Fsp3) is 0.409. The topological polar surface area (TPSA) is 49.3 Å². The Bertz CT molecular complexity index is 840. The SMILES string of the molecule is CC1Cc2ccccc2C12CCC(Nc1cccc(Br)c1)(C(=O)O)CC2. The molecular formula is C22H24BrNO2. The standard InChI is InChI=1S/C22H24BrNO2/c1-15-13-16-5-2-3-8-19(16)21(15)9-11-22(12-10-21,20(25)26)24-18-7-4-6-17(23)14-18/h2-8,14-15,24H,9-13H2,1H3,(H,25,26). The fourth-order valence-corrected chi connectivity index (χ4v) is 5.49. The van der Waals surface area contributed by atoms with Crippen molar-refractivity contribution in [1.29, 1.82) is 0 Å². The van der Waals surface area contributed by atoms with Gasteiger partial charge in [0.25, 0.3) is 0 Å². The van der Waals surface area contributed by atoms with Gasteiger partial charge in [-0.3, -0.25) is 0 Å². The minimum absolute atomic E-state index is 0.133. The molecule has 3 nitrogen and oxygen atoms in total. The number of halogens is 1. The van der Waals surface area contributed by atoms with Gasteiger partial charge in [-0.25, -0.2) is 4.79 Å². The summed E-state index contributed by atoms with van der Waals surface area (Å²) in [5, 5.41) is 13.4. The Labute approximate surface area is 162 Å². The van der Waals surface area contributed by atoms with Gasteiger partial charge in [-0.05, 0) is 72.8 Å². The van der Waals surface area contributed by atoms with Crippen LogP contribution in [0.1, 0.15) is 43.7 Å². The van der Waals surface area contributed by atoms with Crippen LogP contribution in [-0.2, 0) is 16.6 Å². The molecule has 4 rings (SSSR count). The van der Waals surface area contributed by atoms with Crippen LogP contribution in [0.5, 0.6) is 0 Å². The zero-order valence-electron chi connectivity index (χ0n) is 15.0. The van der Waals surface area contributed by atoms with Crippen molar-refractivity contribution < 1.29 is 9.90 Å². The molecule has 2 N–H and O–H groups in total. The van der Waals surface area contributed by atoms with Crippen LogP contribution in [-0.4, -0.2) is 16.6 Å². The lowest BCUT2D eigenvalue weighted by Gasteiger charge is -2.46. The molecule has 0 bridgehead atoms. The number of hydrogen-bond donors (Lipinski definition) is 2. The molecule has 1 atom stereocenters. The number of benzene rings is 2. The summed E-state index contributed by atoms with van der Waals surface area (Å²) in [6, 6.07) is 16.5. The smallest absolute Gasteiger partial charge is 0.329 e. The molecule has 1 fully saturated rings. The molecule has 2 aromatic rings. The van der Waals surface area contributed by atoms with Crippen LogP contribution in [0.15, 0.2) is 53.0 Å². The predicted molar refractivity (Wildman–Crippen MR) is 108 cm³/mol. The van der Waals surface area contributed by atoms with E-state index in [0.717, 1.165) is 29.4 Å². The van der Waals surface area contributed by atoms with Crippen molar-refractivity contribution in [2.45, 2.75) is 50.0 Å². The molecule has 0 aliphatic heterocycles.